The van der Waals surface area contributed by atoms with Crippen molar-refractivity contribution in [2.24, 2.45) is 11.3 Å². The molecule has 0 aromatic rings. The van der Waals surface area contributed by atoms with Crippen LogP contribution in [-0.2, 0) is 4.79 Å². The highest BCUT2D eigenvalue weighted by molar-refractivity contribution is 5.86. The van der Waals surface area contributed by atoms with Crippen molar-refractivity contribution in [3.05, 3.63) is 12.2 Å². The molecule has 0 N–H and O–H groups in total. The first-order valence-corrected chi connectivity index (χ1v) is 4.43. The lowest BCUT2D eigenvalue weighted by Gasteiger charge is -2.34. The van der Waals surface area contributed by atoms with E-state index in [0.717, 1.165) is 19.3 Å². The number of Topliss-reactive ketones (excluding diaryl/α,β-unsaturated/α-hetero) is 1. The van der Waals surface area contributed by atoms with Gasteiger partial charge < -0.3 is 0 Å². The highest BCUT2D eigenvalue weighted by Gasteiger charge is 2.43. The van der Waals surface area contributed by atoms with E-state index < -0.39 is 0 Å². The van der Waals surface area contributed by atoms with Gasteiger partial charge >= 0.3 is 0 Å². The molecular weight excluding hydrogens is 136 g/mol. The second-order valence-corrected chi connectivity index (χ2v) is 3.97. The monoisotopic (exact) mass is 150 g/mol. The minimum absolute atomic E-state index is 0.00174. The maximum atomic E-state index is 11.6. The summed E-state index contributed by atoms with van der Waals surface area (Å²) in [5.41, 5.74) is -0.00174. The summed E-state index contributed by atoms with van der Waals surface area (Å²) in [6.07, 6.45) is 8.53. The average molecular weight is 150 g/mol. The van der Waals surface area contributed by atoms with Gasteiger partial charge in [-0.05, 0) is 25.2 Å². The molecule has 2 aliphatic rings. The van der Waals surface area contributed by atoms with Gasteiger partial charge in [0.1, 0.15) is 5.78 Å². The zero-order valence-corrected chi connectivity index (χ0v) is 6.97. The average Bonchev–Trinajstić information content (AvgIpc) is 2.34. The fraction of sp³-hybridized carbons (Fsp3) is 0.700. The van der Waals surface area contributed by atoms with Gasteiger partial charge in [-0.3, -0.25) is 4.79 Å². The van der Waals surface area contributed by atoms with Gasteiger partial charge in [0.2, 0.25) is 0 Å². The van der Waals surface area contributed by atoms with Crippen LogP contribution < -0.4 is 0 Å². The minimum Gasteiger partial charge on any atom is -0.299 e. The predicted molar refractivity (Wildman–Crippen MR) is 44.2 cm³/mol. The summed E-state index contributed by atoms with van der Waals surface area (Å²) in [5.74, 6) is 1.04. The Balaban J connectivity index is 2.28. The van der Waals surface area contributed by atoms with Gasteiger partial charge in [-0.1, -0.05) is 19.1 Å². The Kier molecular flexibility index (Phi) is 1.41. The van der Waals surface area contributed by atoms with Crippen LogP contribution in [0.25, 0.3) is 0 Å². The number of carbonyl (C=O) groups excluding carboxylic acids is 1. The van der Waals surface area contributed by atoms with Crippen LogP contribution in [0.3, 0.4) is 0 Å². The lowest BCUT2D eigenvalue weighted by Crippen LogP contribution is -2.35. The predicted octanol–water partition coefficient (Wildman–Crippen LogP) is 2.32. The normalized spacial score (nSPS) is 42.6. The van der Waals surface area contributed by atoms with Crippen molar-refractivity contribution in [1.29, 1.82) is 0 Å². The van der Waals surface area contributed by atoms with Crippen molar-refractivity contribution < 1.29 is 4.79 Å². The number of ketones is 1. The Labute approximate surface area is 67.5 Å². The Hall–Kier alpha value is -0.590. The topological polar surface area (TPSA) is 17.1 Å². The molecule has 11 heavy (non-hydrogen) atoms. The quantitative estimate of drug-likeness (QED) is 0.484. The molecule has 0 bridgehead atoms. The Bertz CT molecular complexity index is 217. The van der Waals surface area contributed by atoms with E-state index in [1.54, 1.807) is 0 Å². The number of hydrogen-bond donors (Lipinski definition) is 0. The second kappa shape index (κ2) is 2.20. The maximum Gasteiger partial charge on any atom is 0.139 e. The highest BCUT2D eigenvalue weighted by Crippen LogP contribution is 2.45. The van der Waals surface area contributed by atoms with E-state index in [9.17, 15) is 4.79 Å². The van der Waals surface area contributed by atoms with Crippen LogP contribution >= 0.6 is 0 Å². The molecule has 60 valence electrons. The molecule has 0 aromatic heterocycles. The van der Waals surface area contributed by atoms with Crippen LogP contribution in [-0.4, -0.2) is 5.78 Å². The molecule has 0 spiro atoms. The number of fused-ring (bicyclic) bond motifs is 1. The van der Waals surface area contributed by atoms with Crippen LogP contribution in [0, 0.1) is 11.3 Å². The van der Waals surface area contributed by atoms with E-state index in [1.807, 2.05) is 0 Å². The fourth-order valence-electron chi connectivity index (χ4n) is 2.34. The van der Waals surface area contributed by atoms with Crippen LogP contribution in [0.15, 0.2) is 12.2 Å². The number of allylic oxidation sites excluding steroid dienone is 2. The van der Waals surface area contributed by atoms with Crippen molar-refractivity contribution >= 4 is 5.78 Å². The van der Waals surface area contributed by atoms with Crippen LogP contribution in [0.5, 0.6) is 0 Å². The first-order valence-electron chi connectivity index (χ1n) is 4.43. The SMILES string of the molecule is C[C@]12CC=C[C@H]1CCCC2=O. The smallest absolute Gasteiger partial charge is 0.139 e. The first kappa shape index (κ1) is 7.08. The van der Waals surface area contributed by atoms with Crippen LogP contribution in [0.4, 0.5) is 0 Å². The highest BCUT2D eigenvalue weighted by atomic mass is 16.1. The summed E-state index contributed by atoms with van der Waals surface area (Å²) in [4.78, 5) is 11.6. The van der Waals surface area contributed by atoms with Crippen molar-refractivity contribution in [1.82, 2.24) is 0 Å². The maximum absolute atomic E-state index is 11.6. The summed E-state index contributed by atoms with van der Waals surface area (Å²) in [6.45, 7) is 2.12. The molecule has 2 atom stereocenters. The van der Waals surface area contributed by atoms with Gasteiger partial charge in [0.25, 0.3) is 0 Å². The molecule has 0 saturated heterocycles. The van der Waals surface area contributed by atoms with Gasteiger partial charge in [-0.25, -0.2) is 0 Å². The largest absolute Gasteiger partial charge is 0.299 e. The van der Waals surface area contributed by atoms with Gasteiger partial charge in [0, 0.05) is 11.8 Å². The standard InChI is InChI=1S/C10H14O/c1-10-7-3-5-8(10)4-2-6-9(10)11/h3,5,8H,2,4,6-7H2,1H3/t8-,10+/m1/s1. The van der Waals surface area contributed by atoms with E-state index in [-0.39, 0.29) is 5.41 Å². The molecule has 0 unspecified atom stereocenters. The molecule has 1 heteroatoms. The summed E-state index contributed by atoms with van der Waals surface area (Å²) in [7, 11) is 0. The molecule has 0 aliphatic heterocycles. The molecule has 0 amide bonds. The van der Waals surface area contributed by atoms with Crippen molar-refractivity contribution in [3.8, 4) is 0 Å². The molecule has 1 nitrogen and oxygen atoms in total. The third-order valence-electron chi connectivity index (χ3n) is 3.28. The van der Waals surface area contributed by atoms with Gasteiger partial charge in [0.05, 0.1) is 0 Å². The van der Waals surface area contributed by atoms with Gasteiger partial charge in [-0.15, -0.1) is 0 Å². The molecule has 1 saturated carbocycles. The summed E-state index contributed by atoms with van der Waals surface area (Å²) in [6, 6.07) is 0. The van der Waals surface area contributed by atoms with E-state index in [4.69, 9.17) is 0 Å². The third kappa shape index (κ3) is 0.867. The van der Waals surface area contributed by atoms with Crippen molar-refractivity contribution in [2.45, 2.75) is 32.6 Å². The molecule has 0 heterocycles. The first-order chi connectivity index (χ1) is 5.23. The molecule has 2 aliphatic carbocycles. The zero-order chi connectivity index (χ0) is 7.90. The van der Waals surface area contributed by atoms with Crippen LogP contribution in [0.1, 0.15) is 32.6 Å². The zero-order valence-electron chi connectivity index (χ0n) is 6.97. The van der Waals surface area contributed by atoms with Gasteiger partial charge in [0.15, 0.2) is 0 Å². The van der Waals surface area contributed by atoms with E-state index in [1.165, 1.54) is 6.42 Å². The van der Waals surface area contributed by atoms with Gasteiger partial charge in [-0.2, -0.15) is 0 Å². The Morgan fingerprint density at radius 1 is 1.64 bits per heavy atom. The third-order valence-corrected chi connectivity index (χ3v) is 3.28. The lowest BCUT2D eigenvalue weighted by molar-refractivity contribution is -0.131. The van der Waals surface area contributed by atoms with E-state index in [0.29, 0.717) is 11.7 Å². The van der Waals surface area contributed by atoms with E-state index >= 15 is 0 Å². The minimum atomic E-state index is -0.00174. The second-order valence-electron chi connectivity index (χ2n) is 3.97. The molecular formula is C10H14O. The Morgan fingerprint density at radius 2 is 2.45 bits per heavy atom. The molecule has 1 fully saturated rings. The summed E-state index contributed by atoms with van der Waals surface area (Å²) >= 11 is 0. The van der Waals surface area contributed by atoms with Crippen molar-refractivity contribution in [3.63, 3.8) is 0 Å². The number of carbonyl (C=O) groups is 1. The Morgan fingerprint density at radius 3 is 3.18 bits per heavy atom. The number of hydrogen-bond acceptors (Lipinski definition) is 1. The van der Waals surface area contributed by atoms with E-state index in [2.05, 4.69) is 19.1 Å². The lowest BCUT2D eigenvalue weighted by atomic mass is 9.68. The summed E-state index contributed by atoms with van der Waals surface area (Å²) in [5, 5.41) is 0. The fourth-order valence-corrected chi connectivity index (χ4v) is 2.34. The molecule has 0 radical (unpaired) electrons. The molecule has 0 aromatic carbocycles. The van der Waals surface area contributed by atoms with Crippen LogP contribution in [0.2, 0.25) is 0 Å². The summed E-state index contributed by atoms with van der Waals surface area (Å²) < 4.78 is 0. The number of rotatable bonds is 0. The van der Waals surface area contributed by atoms with Crippen molar-refractivity contribution in [2.75, 3.05) is 0 Å². The molecule has 2 rings (SSSR count).